The standard InChI is InChI=1S/C18H15N3O4/c1-11(2)21-14-7-5-12(10-15(14)24-18(21)22)17-19-16(25-20-17)8-6-13-4-3-9-23-13/h3-11H,1-2H3/b8-6+. The third-order valence-electron chi connectivity index (χ3n) is 3.76. The highest BCUT2D eigenvalue weighted by Crippen LogP contribution is 2.24. The van der Waals surface area contributed by atoms with Gasteiger partial charge in [-0.1, -0.05) is 5.16 Å². The summed E-state index contributed by atoms with van der Waals surface area (Å²) in [6, 6.07) is 9.03. The highest BCUT2D eigenvalue weighted by atomic mass is 16.5. The Hall–Kier alpha value is -3.35. The van der Waals surface area contributed by atoms with Crippen LogP contribution in [0.15, 0.2) is 54.7 Å². The van der Waals surface area contributed by atoms with Crippen LogP contribution in [0.2, 0.25) is 0 Å². The van der Waals surface area contributed by atoms with Gasteiger partial charge >= 0.3 is 5.76 Å². The quantitative estimate of drug-likeness (QED) is 0.559. The van der Waals surface area contributed by atoms with E-state index >= 15 is 0 Å². The molecule has 7 nitrogen and oxygen atoms in total. The maximum atomic E-state index is 12.0. The van der Waals surface area contributed by atoms with Crippen LogP contribution in [0.5, 0.6) is 0 Å². The summed E-state index contributed by atoms with van der Waals surface area (Å²) in [6.07, 6.45) is 5.00. The molecule has 0 aliphatic carbocycles. The summed E-state index contributed by atoms with van der Waals surface area (Å²) < 4.78 is 17.3. The zero-order valence-corrected chi connectivity index (χ0v) is 13.7. The third kappa shape index (κ3) is 2.80. The molecule has 3 aromatic heterocycles. The molecule has 0 saturated heterocycles. The van der Waals surface area contributed by atoms with Crippen LogP contribution < -0.4 is 5.76 Å². The topological polar surface area (TPSA) is 87.2 Å². The lowest BCUT2D eigenvalue weighted by Crippen LogP contribution is -2.15. The molecule has 0 aliphatic heterocycles. The molecule has 0 saturated carbocycles. The van der Waals surface area contributed by atoms with Crippen molar-refractivity contribution < 1.29 is 13.4 Å². The average Bonchev–Trinajstić information content (AvgIpc) is 3.31. The van der Waals surface area contributed by atoms with Crippen LogP contribution in [0, 0.1) is 0 Å². The monoisotopic (exact) mass is 337 g/mol. The van der Waals surface area contributed by atoms with Gasteiger partial charge in [0.25, 0.3) is 5.89 Å². The van der Waals surface area contributed by atoms with Gasteiger partial charge in [-0.25, -0.2) is 4.79 Å². The lowest BCUT2D eigenvalue weighted by molar-refractivity contribution is 0.411. The van der Waals surface area contributed by atoms with Crippen LogP contribution >= 0.6 is 0 Å². The third-order valence-corrected chi connectivity index (χ3v) is 3.76. The van der Waals surface area contributed by atoms with Gasteiger partial charge in [-0.15, -0.1) is 0 Å². The number of hydrogen-bond acceptors (Lipinski definition) is 6. The second-order valence-electron chi connectivity index (χ2n) is 5.82. The average molecular weight is 337 g/mol. The van der Waals surface area contributed by atoms with Crippen molar-refractivity contribution in [2.75, 3.05) is 0 Å². The molecule has 1 aromatic carbocycles. The molecule has 7 heteroatoms. The highest BCUT2D eigenvalue weighted by Gasteiger charge is 2.14. The van der Waals surface area contributed by atoms with Gasteiger partial charge in [0.15, 0.2) is 5.58 Å². The summed E-state index contributed by atoms with van der Waals surface area (Å²) >= 11 is 0. The van der Waals surface area contributed by atoms with Crippen molar-refractivity contribution in [3.8, 4) is 11.4 Å². The van der Waals surface area contributed by atoms with Crippen molar-refractivity contribution in [2.45, 2.75) is 19.9 Å². The molecule has 0 amide bonds. The number of benzene rings is 1. The van der Waals surface area contributed by atoms with Gasteiger partial charge < -0.3 is 13.4 Å². The predicted molar refractivity (Wildman–Crippen MR) is 91.8 cm³/mol. The fourth-order valence-electron chi connectivity index (χ4n) is 2.62. The minimum Gasteiger partial charge on any atom is -0.465 e. The summed E-state index contributed by atoms with van der Waals surface area (Å²) in [5.41, 5.74) is 1.94. The molecular weight excluding hydrogens is 322 g/mol. The van der Waals surface area contributed by atoms with Crippen molar-refractivity contribution >= 4 is 23.3 Å². The number of hydrogen-bond donors (Lipinski definition) is 0. The lowest BCUT2D eigenvalue weighted by Gasteiger charge is -2.04. The number of rotatable bonds is 4. The molecule has 0 unspecified atom stereocenters. The van der Waals surface area contributed by atoms with E-state index in [2.05, 4.69) is 10.1 Å². The van der Waals surface area contributed by atoms with E-state index in [0.29, 0.717) is 28.6 Å². The first-order chi connectivity index (χ1) is 12.1. The van der Waals surface area contributed by atoms with Crippen LogP contribution in [0.25, 0.3) is 34.6 Å². The Morgan fingerprint density at radius 2 is 2.08 bits per heavy atom. The second kappa shape index (κ2) is 5.94. The summed E-state index contributed by atoms with van der Waals surface area (Å²) in [7, 11) is 0. The summed E-state index contributed by atoms with van der Waals surface area (Å²) in [6.45, 7) is 3.86. The summed E-state index contributed by atoms with van der Waals surface area (Å²) in [5, 5.41) is 3.96. The van der Waals surface area contributed by atoms with Crippen molar-refractivity contribution in [2.24, 2.45) is 0 Å². The van der Waals surface area contributed by atoms with Crippen LogP contribution in [-0.4, -0.2) is 14.7 Å². The molecule has 4 rings (SSSR count). The molecule has 0 aliphatic rings. The molecule has 3 heterocycles. The first-order valence-electron chi connectivity index (χ1n) is 7.82. The zero-order valence-electron chi connectivity index (χ0n) is 13.7. The molecule has 0 spiro atoms. The van der Waals surface area contributed by atoms with Gasteiger partial charge in [0, 0.05) is 17.7 Å². The van der Waals surface area contributed by atoms with E-state index in [1.165, 1.54) is 0 Å². The fourth-order valence-corrected chi connectivity index (χ4v) is 2.62. The summed E-state index contributed by atoms with van der Waals surface area (Å²) in [4.78, 5) is 16.3. The molecule has 0 radical (unpaired) electrons. The number of nitrogens with zero attached hydrogens (tertiary/aromatic N) is 3. The van der Waals surface area contributed by atoms with Crippen LogP contribution in [-0.2, 0) is 0 Å². The molecule has 0 N–H and O–H groups in total. The first kappa shape index (κ1) is 15.2. The van der Waals surface area contributed by atoms with Gasteiger partial charge in [-0.05, 0) is 50.3 Å². The first-order valence-corrected chi connectivity index (χ1v) is 7.82. The molecule has 4 aromatic rings. The Kier molecular flexibility index (Phi) is 3.61. The Balaban J connectivity index is 1.67. The van der Waals surface area contributed by atoms with E-state index in [4.69, 9.17) is 13.4 Å². The van der Waals surface area contributed by atoms with Crippen molar-refractivity contribution in [1.82, 2.24) is 14.7 Å². The molecule has 25 heavy (non-hydrogen) atoms. The van der Waals surface area contributed by atoms with E-state index in [-0.39, 0.29) is 11.8 Å². The van der Waals surface area contributed by atoms with E-state index < -0.39 is 0 Å². The van der Waals surface area contributed by atoms with Gasteiger partial charge in [-0.2, -0.15) is 4.98 Å². The SMILES string of the molecule is CC(C)n1c(=O)oc2cc(-c3noc(/C=C/c4ccco4)n3)ccc21. The minimum absolute atomic E-state index is 0.0168. The highest BCUT2D eigenvalue weighted by molar-refractivity contribution is 5.79. The second-order valence-corrected chi connectivity index (χ2v) is 5.82. The number of fused-ring (bicyclic) bond motifs is 1. The van der Waals surface area contributed by atoms with Crippen molar-refractivity contribution in [3.05, 3.63) is 58.8 Å². The molecule has 126 valence electrons. The Morgan fingerprint density at radius 1 is 1.20 bits per heavy atom. The van der Waals surface area contributed by atoms with Gasteiger partial charge in [-0.3, -0.25) is 4.57 Å². The smallest absolute Gasteiger partial charge is 0.420 e. The molecule has 0 fully saturated rings. The van der Waals surface area contributed by atoms with Crippen LogP contribution in [0.3, 0.4) is 0 Å². The van der Waals surface area contributed by atoms with E-state index in [9.17, 15) is 4.79 Å². The maximum Gasteiger partial charge on any atom is 0.420 e. The Morgan fingerprint density at radius 3 is 2.84 bits per heavy atom. The molecule has 0 bridgehead atoms. The molecular formula is C18H15N3O4. The number of oxazole rings is 1. The van der Waals surface area contributed by atoms with Crippen molar-refractivity contribution in [1.29, 1.82) is 0 Å². The van der Waals surface area contributed by atoms with Gasteiger partial charge in [0.2, 0.25) is 5.82 Å². The molecule has 0 atom stereocenters. The maximum absolute atomic E-state index is 12.0. The van der Waals surface area contributed by atoms with Crippen LogP contribution in [0.1, 0.15) is 31.5 Å². The predicted octanol–water partition coefficient (Wildman–Crippen LogP) is 3.99. The van der Waals surface area contributed by atoms with E-state index in [1.807, 2.05) is 32.0 Å². The largest absolute Gasteiger partial charge is 0.465 e. The summed E-state index contributed by atoms with van der Waals surface area (Å²) in [5.74, 6) is 1.09. The van der Waals surface area contributed by atoms with Gasteiger partial charge in [0.1, 0.15) is 5.76 Å². The normalized spacial score (nSPS) is 12.0. The van der Waals surface area contributed by atoms with Crippen molar-refractivity contribution in [3.63, 3.8) is 0 Å². The Bertz CT molecular complexity index is 1100. The number of furan rings is 1. The lowest BCUT2D eigenvalue weighted by atomic mass is 10.2. The van der Waals surface area contributed by atoms with Crippen LogP contribution in [0.4, 0.5) is 0 Å². The van der Waals surface area contributed by atoms with E-state index in [1.54, 1.807) is 35.1 Å². The Labute approximate surface area is 142 Å². The fraction of sp³-hybridized carbons (Fsp3) is 0.167. The van der Waals surface area contributed by atoms with Gasteiger partial charge in [0.05, 0.1) is 11.8 Å². The minimum atomic E-state index is -0.377. The van der Waals surface area contributed by atoms with E-state index in [0.717, 1.165) is 5.52 Å². The zero-order chi connectivity index (χ0) is 17.4. The number of aromatic nitrogens is 3.